The second-order valence-corrected chi connectivity index (χ2v) is 8.73. The molecule has 32 heavy (non-hydrogen) atoms. The third-order valence-corrected chi connectivity index (χ3v) is 6.79. The highest BCUT2D eigenvalue weighted by Crippen LogP contribution is 2.42. The molecule has 1 saturated carbocycles. The van der Waals surface area contributed by atoms with Gasteiger partial charge in [0.25, 0.3) is 0 Å². The highest BCUT2D eigenvalue weighted by Gasteiger charge is 2.29. The Morgan fingerprint density at radius 3 is 2.44 bits per heavy atom. The summed E-state index contributed by atoms with van der Waals surface area (Å²) in [6.45, 7) is 2.15. The van der Waals surface area contributed by atoms with E-state index in [1.165, 1.54) is 24.3 Å². The summed E-state index contributed by atoms with van der Waals surface area (Å²) in [5.41, 5.74) is 2.25. The number of rotatable bonds is 4. The number of benzene rings is 2. The summed E-state index contributed by atoms with van der Waals surface area (Å²) in [6, 6.07) is 12.3. The van der Waals surface area contributed by atoms with E-state index in [0.29, 0.717) is 17.3 Å². The SMILES string of the molecule is C[C@@H](c1nc(-c2ccc(F)cc2)n[nH]1)C1CCC(c2cc(=O)[nH]c3ccc(F)cc23)CC1. The molecule has 0 radical (unpaired) electrons. The normalized spacial score (nSPS) is 19.8. The summed E-state index contributed by atoms with van der Waals surface area (Å²) in [7, 11) is 0. The number of H-pyrrole nitrogens is 2. The van der Waals surface area contributed by atoms with Crippen molar-refractivity contribution in [3.63, 3.8) is 0 Å². The minimum atomic E-state index is -0.296. The average Bonchev–Trinajstić information content (AvgIpc) is 3.29. The van der Waals surface area contributed by atoms with E-state index in [-0.39, 0.29) is 29.0 Å². The average molecular weight is 434 g/mol. The number of nitrogens with one attached hydrogen (secondary N) is 2. The van der Waals surface area contributed by atoms with Crippen LogP contribution in [0.4, 0.5) is 8.78 Å². The van der Waals surface area contributed by atoms with Crippen molar-refractivity contribution in [1.82, 2.24) is 20.2 Å². The molecule has 5 rings (SSSR count). The largest absolute Gasteiger partial charge is 0.322 e. The van der Waals surface area contributed by atoms with Crippen LogP contribution in [-0.4, -0.2) is 20.2 Å². The van der Waals surface area contributed by atoms with Crippen molar-refractivity contribution in [2.45, 2.75) is 44.4 Å². The summed E-state index contributed by atoms with van der Waals surface area (Å²) in [5, 5.41) is 8.16. The van der Waals surface area contributed by atoms with Gasteiger partial charge in [0.05, 0.1) is 0 Å². The fraction of sp³-hybridized carbons (Fsp3) is 0.320. The van der Waals surface area contributed by atoms with Crippen LogP contribution in [0.2, 0.25) is 0 Å². The van der Waals surface area contributed by atoms with Crippen LogP contribution in [0.15, 0.2) is 53.3 Å². The topological polar surface area (TPSA) is 74.4 Å². The van der Waals surface area contributed by atoms with Crippen molar-refractivity contribution >= 4 is 10.9 Å². The van der Waals surface area contributed by atoms with Gasteiger partial charge < -0.3 is 4.98 Å². The summed E-state index contributed by atoms with van der Waals surface area (Å²) >= 11 is 0. The van der Waals surface area contributed by atoms with Crippen LogP contribution in [0.25, 0.3) is 22.3 Å². The monoisotopic (exact) mass is 434 g/mol. The maximum atomic E-state index is 13.9. The zero-order chi connectivity index (χ0) is 22.2. The maximum absolute atomic E-state index is 13.9. The molecule has 2 aromatic heterocycles. The minimum Gasteiger partial charge on any atom is -0.322 e. The molecule has 2 N–H and O–H groups in total. The number of hydrogen-bond acceptors (Lipinski definition) is 3. The molecule has 0 amide bonds. The highest BCUT2D eigenvalue weighted by atomic mass is 19.1. The zero-order valence-electron chi connectivity index (χ0n) is 17.7. The smallest absolute Gasteiger partial charge is 0.248 e. The standard InChI is InChI=1S/C25H24F2N4O/c1-14(24-29-25(31-30-24)17-6-8-18(26)9-7-17)15-2-4-16(5-3-15)20-13-23(32)28-22-11-10-19(27)12-21(20)22/h6-16H,2-5H2,1H3,(H,28,32)(H,29,30,31)/t14-,15?,16?/m1/s1. The third kappa shape index (κ3) is 3.95. The molecular formula is C25H24F2N4O. The number of aromatic amines is 2. The summed E-state index contributed by atoms with van der Waals surface area (Å²) in [4.78, 5) is 19.6. The molecule has 0 unspecified atom stereocenters. The fourth-order valence-corrected chi connectivity index (χ4v) is 4.95. The molecule has 1 aliphatic carbocycles. The Labute approximate surface area is 183 Å². The van der Waals surface area contributed by atoms with Crippen LogP contribution in [0.3, 0.4) is 0 Å². The van der Waals surface area contributed by atoms with Gasteiger partial charge in [-0.1, -0.05) is 6.92 Å². The molecule has 5 nitrogen and oxygen atoms in total. The molecule has 164 valence electrons. The second-order valence-electron chi connectivity index (χ2n) is 8.73. The number of fused-ring (bicyclic) bond motifs is 1. The zero-order valence-corrected chi connectivity index (χ0v) is 17.7. The lowest BCUT2D eigenvalue weighted by atomic mass is 9.73. The van der Waals surface area contributed by atoms with Gasteiger partial charge in [0.1, 0.15) is 17.5 Å². The van der Waals surface area contributed by atoms with Gasteiger partial charge in [0.15, 0.2) is 5.82 Å². The molecule has 2 heterocycles. The summed E-state index contributed by atoms with van der Waals surface area (Å²) in [6.07, 6.45) is 3.84. The Balaban J connectivity index is 1.31. The molecule has 1 atom stereocenters. The maximum Gasteiger partial charge on any atom is 0.248 e. The Hall–Kier alpha value is -3.35. The summed E-state index contributed by atoms with van der Waals surface area (Å²) < 4.78 is 27.0. The molecule has 0 aliphatic heterocycles. The van der Waals surface area contributed by atoms with Gasteiger partial charge in [0.2, 0.25) is 5.56 Å². The number of halogens is 2. The molecule has 0 bridgehead atoms. The van der Waals surface area contributed by atoms with E-state index in [9.17, 15) is 13.6 Å². The van der Waals surface area contributed by atoms with Crippen molar-refractivity contribution in [1.29, 1.82) is 0 Å². The first-order valence-electron chi connectivity index (χ1n) is 11.0. The highest BCUT2D eigenvalue weighted by molar-refractivity contribution is 5.82. The molecule has 1 aliphatic rings. The number of nitrogens with zero attached hydrogens (tertiary/aromatic N) is 2. The van der Waals surface area contributed by atoms with Crippen LogP contribution < -0.4 is 5.56 Å². The number of pyridine rings is 1. The van der Waals surface area contributed by atoms with Crippen molar-refractivity contribution in [3.8, 4) is 11.4 Å². The Morgan fingerprint density at radius 1 is 0.969 bits per heavy atom. The van der Waals surface area contributed by atoms with Crippen LogP contribution in [0.1, 0.15) is 55.8 Å². The van der Waals surface area contributed by atoms with E-state index in [4.69, 9.17) is 0 Å². The van der Waals surface area contributed by atoms with E-state index in [0.717, 1.165) is 48.0 Å². The molecule has 1 fully saturated rings. The first-order valence-corrected chi connectivity index (χ1v) is 11.0. The molecule has 0 spiro atoms. The van der Waals surface area contributed by atoms with Crippen LogP contribution in [0.5, 0.6) is 0 Å². The lowest BCUT2D eigenvalue weighted by Gasteiger charge is -2.32. The van der Waals surface area contributed by atoms with E-state index >= 15 is 0 Å². The van der Waals surface area contributed by atoms with Gasteiger partial charge in [-0.3, -0.25) is 9.89 Å². The van der Waals surface area contributed by atoms with Gasteiger partial charge in [0, 0.05) is 28.5 Å². The van der Waals surface area contributed by atoms with Crippen molar-refractivity contribution in [2.24, 2.45) is 5.92 Å². The van der Waals surface area contributed by atoms with Crippen molar-refractivity contribution < 1.29 is 8.78 Å². The second kappa shape index (κ2) is 8.30. The number of hydrogen-bond donors (Lipinski definition) is 2. The molecule has 2 aromatic carbocycles. The minimum absolute atomic E-state index is 0.149. The fourth-order valence-electron chi connectivity index (χ4n) is 4.95. The van der Waals surface area contributed by atoms with Gasteiger partial charge in [-0.15, -0.1) is 0 Å². The third-order valence-electron chi connectivity index (χ3n) is 6.79. The Bertz CT molecular complexity index is 1300. The van der Waals surface area contributed by atoms with Crippen molar-refractivity contribution in [3.05, 3.63) is 81.9 Å². The molecular weight excluding hydrogens is 410 g/mol. The van der Waals surface area contributed by atoms with Crippen molar-refractivity contribution in [2.75, 3.05) is 0 Å². The van der Waals surface area contributed by atoms with Gasteiger partial charge in [-0.25, -0.2) is 13.8 Å². The Morgan fingerprint density at radius 2 is 1.69 bits per heavy atom. The van der Waals surface area contributed by atoms with Gasteiger partial charge >= 0.3 is 0 Å². The van der Waals surface area contributed by atoms with E-state index < -0.39 is 0 Å². The lowest BCUT2D eigenvalue weighted by molar-refractivity contribution is 0.286. The predicted octanol–water partition coefficient (Wildman–Crippen LogP) is 5.67. The first kappa shape index (κ1) is 20.5. The number of aromatic nitrogens is 4. The molecule has 7 heteroatoms. The van der Waals surface area contributed by atoms with E-state index in [1.54, 1.807) is 24.3 Å². The van der Waals surface area contributed by atoms with E-state index in [2.05, 4.69) is 27.1 Å². The lowest BCUT2D eigenvalue weighted by Crippen LogP contribution is -2.20. The Kier molecular flexibility index (Phi) is 5.33. The van der Waals surface area contributed by atoms with Crippen LogP contribution in [0, 0.1) is 17.6 Å². The van der Waals surface area contributed by atoms with Crippen LogP contribution in [-0.2, 0) is 0 Å². The quantitative estimate of drug-likeness (QED) is 0.435. The predicted molar refractivity (Wildman–Crippen MR) is 119 cm³/mol. The van der Waals surface area contributed by atoms with Gasteiger partial charge in [-0.2, -0.15) is 5.10 Å². The van der Waals surface area contributed by atoms with Crippen LogP contribution >= 0.6 is 0 Å². The van der Waals surface area contributed by atoms with E-state index in [1.807, 2.05) is 0 Å². The molecule has 0 saturated heterocycles. The first-order chi connectivity index (χ1) is 15.5. The summed E-state index contributed by atoms with van der Waals surface area (Å²) in [5.74, 6) is 1.68. The molecule has 4 aromatic rings. The van der Waals surface area contributed by atoms with Gasteiger partial charge in [-0.05, 0) is 85.5 Å².